The second kappa shape index (κ2) is 6.54. The van der Waals surface area contributed by atoms with Gasteiger partial charge in [0.15, 0.2) is 0 Å². The zero-order chi connectivity index (χ0) is 17.3. The number of likely N-dealkylation sites (tertiary alicyclic amines) is 1. The summed E-state index contributed by atoms with van der Waals surface area (Å²) in [5.41, 5.74) is 1.99. The summed E-state index contributed by atoms with van der Waals surface area (Å²) in [4.78, 5) is 27.7. The van der Waals surface area contributed by atoms with Crippen LogP contribution in [0, 0.1) is 0 Å². The maximum atomic E-state index is 12.6. The van der Waals surface area contributed by atoms with E-state index in [-0.39, 0.29) is 11.4 Å². The van der Waals surface area contributed by atoms with Gasteiger partial charge >= 0.3 is 0 Å². The van der Waals surface area contributed by atoms with Crippen LogP contribution in [0.15, 0.2) is 48.9 Å². The highest BCUT2D eigenvalue weighted by atomic mass is 16.2. The van der Waals surface area contributed by atoms with Gasteiger partial charge in [0.1, 0.15) is 0 Å². The van der Waals surface area contributed by atoms with Crippen molar-refractivity contribution in [3.8, 4) is 0 Å². The predicted molar refractivity (Wildman–Crippen MR) is 96.1 cm³/mol. The number of anilines is 1. The van der Waals surface area contributed by atoms with Gasteiger partial charge in [0.2, 0.25) is 5.91 Å². The zero-order valence-corrected chi connectivity index (χ0v) is 14.5. The Morgan fingerprint density at radius 2 is 2.08 bits per heavy atom. The van der Waals surface area contributed by atoms with Crippen molar-refractivity contribution in [2.75, 3.05) is 38.1 Å². The molecule has 2 aliphatic heterocycles. The normalized spacial score (nSPS) is 25.0. The van der Waals surface area contributed by atoms with Crippen molar-refractivity contribution in [2.45, 2.75) is 18.5 Å². The third kappa shape index (κ3) is 3.15. The first kappa shape index (κ1) is 16.2. The molecular weight excluding hydrogens is 314 g/mol. The van der Waals surface area contributed by atoms with Crippen LogP contribution in [0.1, 0.15) is 12.1 Å². The van der Waals surface area contributed by atoms with Crippen LogP contribution in [0.2, 0.25) is 0 Å². The molecule has 2 saturated heterocycles. The Morgan fingerprint density at radius 3 is 2.84 bits per heavy atom. The zero-order valence-electron chi connectivity index (χ0n) is 14.5. The molecule has 0 saturated carbocycles. The number of rotatable bonds is 3. The maximum absolute atomic E-state index is 12.6. The number of carbonyl (C=O) groups excluding carboxylic acids is 1. The largest absolute Gasteiger partial charge is 0.308 e. The van der Waals surface area contributed by atoms with Crippen molar-refractivity contribution in [3.05, 3.63) is 54.6 Å². The lowest BCUT2D eigenvalue weighted by molar-refractivity contribution is -0.123. The van der Waals surface area contributed by atoms with Gasteiger partial charge in [-0.2, -0.15) is 0 Å². The molecule has 1 unspecified atom stereocenters. The monoisotopic (exact) mass is 337 g/mol. The Morgan fingerprint density at radius 1 is 1.16 bits per heavy atom. The van der Waals surface area contributed by atoms with Crippen LogP contribution in [0.4, 0.5) is 5.69 Å². The van der Waals surface area contributed by atoms with Gasteiger partial charge in [0, 0.05) is 38.6 Å². The van der Waals surface area contributed by atoms with Crippen LogP contribution in [0.5, 0.6) is 0 Å². The molecule has 2 fully saturated rings. The Kier molecular flexibility index (Phi) is 4.23. The highest BCUT2D eigenvalue weighted by molar-refractivity contribution is 5.95. The summed E-state index contributed by atoms with van der Waals surface area (Å²) < 4.78 is 0. The van der Waals surface area contributed by atoms with Gasteiger partial charge < -0.3 is 4.90 Å². The fourth-order valence-corrected chi connectivity index (χ4v) is 3.94. The van der Waals surface area contributed by atoms with Crippen LogP contribution >= 0.6 is 0 Å². The SMILES string of the molecule is CN1CC(=O)N(c2cccnc2)CC12CCN(Cc1ccccn1)C2. The van der Waals surface area contributed by atoms with E-state index in [1.807, 2.05) is 35.4 Å². The van der Waals surface area contributed by atoms with Gasteiger partial charge in [-0.25, -0.2) is 0 Å². The molecule has 25 heavy (non-hydrogen) atoms. The molecule has 0 bridgehead atoms. The minimum atomic E-state index is -0.00146. The van der Waals surface area contributed by atoms with E-state index < -0.39 is 0 Å². The number of aromatic nitrogens is 2. The summed E-state index contributed by atoms with van der Waals surface area (Å²) in [5, 5.41) is 0. The lowest BCUT2D eigenvalue weighted by Gasteiger charge is -2.46. The topological polar surface area (TPSA) is 52.6 Å². The predicted octanol–water partition coefficient (Wildman–Crippen LogP) is 1.40. The van der Waals surface area contributed by atoms with Crippen molar-refractivity contribution in [1.29, 1.82) is 0 Å². The van der Waals surface area contributed by atoms with Crippen molar-refractivity contribution >= 4 is 11.6 Å². The summed E-state index contributed by atoms with van der Waals surface area (Å²) in [6, 6.07) is 9.90. The van der Waals surface area contributed by atoms with Crippen LogP contribution in [0.25, 0.3) is 0 Å². The third-order valence-electron chi connectivity index (χ3n) is 5.42. The van der Waals surface area contributed by atoms with Gasteiger partial charge in [0.05, 0.1) is 29.7 Å². The summed E-state index contributed by atoms with van der Waals surface area (Å²) in [6.45, 7) is 4.00. The molecule has 2 aromatic heterocycles. The van der Waals surface area contributed by atoms with Crippen molar-refractivity contribution in [3.63, 3.8) is 0 Å². The van der Waals surface area contributed by atoms with Gasteiger partial charge in [-0.15, -0.1) is 0 Å². The lowest BCUT2D eigenvalue weighted by Crippen LogP contribution is -2.64. The lowest BCUT2D eigenvalue weighted by atomic mass is 9.92. The van der Waals surface area contributed by atoms with E-state index in [1.165, 1.54) is 0 Å². The van der Waals surface area contributed by atoms with Crippen molar-refractivity contribution in [1.82, 2.24) is 19.8 Å². The Bertz CT molecular complexity index is 738. The molecule has 2 aromatic rings. The highest BCUT2D eigenvalue weighted by Gasteiger charge is 2.47. The molecule has 6 nitrogen and oxygen atoms in total. The number of likely N-dealkylation sites (N-methyl/N-ethyl adjacent to an activating group) is 1. The average molecular weight is 337 g/mol. The summed E-state index contributed by atoms with van der Waals surface area (Å²) in [7, 11) is 2.07. The number of amides is 1. The van der Waals surface area contributed by atoms with E-state index in [1.54, 1.807) is 12.4 Å². The molecule has 130 valence electrons. The minimum Gasteiger partial charge on any atom is -0.308 e. The molecular formula is C19H23N5O. The van der Waals surface area contributed by atoms with Gasteiger partial charge in [-0.05, 0) is 37.7 Å². The first-order chi connectivity index (χ1) is 12.2. The van der Waals surface area contributed by atoms with E-state index in [2.05, 4.69) is 32.9 Å². The average Bonchev–Trinajstić information content (AvgIpc) is 3.04. The van der Waals surface area contributed by atoms with Crippen LogP contribution in [-0.2, 0) is 11.3 Å². The summed E-state index contributed by atoms with van der Waals surface area (Å²) >= 11 is 0. The standard InChI is InChI=1S/C19H23N5O/c1-22-13-18(25)24(17-6-4-8-20-11-17)15-19(22)7-10-23(14-19)12-16-5-2-3-9-21-16/h2-6,8-9,11H,7,10,12-15H2,1H3. The van der Waals surface area contributed by atoms with E-state index in [0.29, 0.717) is 13.1 Å². The fraction of sp³-hybridized carbons (Fsp3) is 0.421. The molecule has 1 atom stereocenters. The number of pyridine rings is 2. The number of piperazine rings is 1. The van der Waals surface area contributed by atoms with Gasteiger partial charge in [-0.1, -0.05) is 6.07 Å². The molecule has 0 radical (unpaired) electrons. The van der Waals surface area contributed by atoms with Crippen LogP contribution < -0.4 is 4.90 Å². The van der Waals surface area contributed by atoms with Gasteiger partial charge in [-0.3, -0.25) is 24.6 Å². The van der Waals surface area contributed by atoms with Crippen molar-refractivity contribution < 1.29 is 4.79 Å². The molecule has 1 spiro atoms. The molecule has 0 aliphatic carbocycles. The van der Waals surface area contributed by atoms with E-state index in [9.17, 15) is 4.79 Å². The Hall–Kier alpha value is -2.31. The minimum absolute atomic E-state index is 0.00146. The van der Waals surface area contributed by atoms with Crippen molar-refractivity contribution in [2.24, 2.45) is 0 Å². The quantitative estimate of drug-likeness (QED) is 0.847. The van der Waals surface area contributed by atoms with Crippen LogP contribution in [0.3, 0.4) is 0 Å². The third-order valence-corrected chi connectivity index (χ3v) is 5.42. The number of carbonyl (C=O) groups is 1. The molecule has 4 rings (SSSR count). The Balaban J connectivity index is 1.51. The van der Waals surface area contributed by atoms with Gasteiger partial charge in [0.25, 0.3) is 0 Å². The fourth-order valence-electron chi connectivity index (χ4n) is 3.94. The second-order valence-electron chi connectivity index (χ2n) is 7.05. The summed E-state index contributed by atoms with van der Waals surface area (Å²) in [6.07, 6.45) is 6.42. The molecule has 0 aromatic carbocycles. The first-order valence-electron chi connectivity index (χ1n) is 8.70. The Labute approximate surface area is 148 Å². The first-order valence-corrected chi connectivity index (χ1v) is 8.70. The van der Waals surface area contributed by atoms with E-state index in [4.69, 9.17) is 0 Å². The smallest absolute Gasteiger partial charge is 0.241 e. The molecule has 0 N–H and O–H groups in total. The number of nitrogens with zero attached hydrogens (tertiary/aromatic N) is 5. The van der Waals surface area contributed by atoms with Crippen LogP contribution in [-0.4, -0.2) is 64.4 Å². The summed E-state index contributed by atoms with van der Waals surface area (Å²) in [5.74, 6) is 0.143. The molecule has 6 heteroatoms. The second-order valence-corrected chi connectivity index (χ2v) is 7.05. The maximum Gasteiger partial charge on any atom is 0.241 e. The highest BCUT2D eigenvalue weighted by Crippen LogP contribution is 2.33. The number of hydrogen-bond donors (Lipinski definition) is 0. The molecule has 2 aliphatic rings. The molecule has 4 heterocycles. The van der Waals surface area contributed by atoms with E-state index in [0.717, 1.165) is 37.4 Å². The van der Waals surface area contributed by atoms with E-state index >= 15 is 0 Å². The number of hydrogen-bond acceptors (Lipinski definition) is 5. The molecule has 1 amide bonds.